The van der Waals surface area contributed by atoms with Crippen LogP contribution in [0, 0.1) is 0 Å². The fourth-order valence-electron chi connectivity index (χ4n) is 3.88. The number of likely N-dealkylation sites (tertiary alicyclic amines) is 1. The third-order valence-corrected chi connectivity index (χ3v) is 5.44. The fourth-order valence-corrected chi connectivity index (χ4v) is 3.88. The highest BCUT2D eigenvalue weighted by atomic mass is 16.5. The summed E-state index contributed by atoms with van der Waals surface area (Å²) in [5.74, 6) is 1.62. The van der Waals surface area contributed by atoms with Crippen molar-refractivity contribution in [2.24, 2.45) is 0 Å². The number of hydrogen-bond donors (Lipinski definition) is 2. The molecule has 0 spiro atoms. The number of piperidine rings is 1. The molecule has 25 heavy (non-hydrogen) atoms. The van der Waals surface area contributed by atoms with Gasteiger partial charge < -0.3 is 15.0 Å². The zero-order valence-corrected chi connectivity index (χ0v) is 14.4. The van der Waals surface area contributed by atoms with E-state index in [2.05, 4.69) is 28.5 Å². The molecule has 6 heteroatoms. The zero-order valence-electron chi connectivity index (χ0n) is 14.4. The number of ether oxygens (including phenoxy) is 1. The minimum Gasteiger partial charge on any atom is -0.493 e. The summed E-state index contributed by atoms with van der Waals surface area (Å²) in [5, 5.41) is 10.2. The molecule has 0 bridgehead atoms. The maximum absolute atomic E-state index is 12.6. The first-order chi connectivity index (χ1) is 12.2. The van der Waals surface area contributed by atoms with Gasteiger partial charge in [-0.1, -0.05) is 18.2 Å². The van der Waals surface area contributed by atoms with Gasteiger partial charge in [0.1, 0.15) is 5.75 Å². The van der Waals surface area contributed by atoms with Gasteiger partial charge in [-0.05, 0) is 31.9 Å². The van der Waals surface area contributed by atoms with Gasteiger partial charge >= 0.3 is 6.03 Å². The number of hydrogen-bond acceptors (Lipinski definition) is 3. The Labute approximate surface area is 147 Å². The number of para-hydroxylation sites is 1. The second-order valence-corrected chi connectivity index (χ2v) is 6.97. The number of carbonyl (C=O) groups excluding carboxylic acids is 1. The molecule has 1 aromatic heterocycles. The normalized spacial score (nSPS) is 21.5. The summed E-state index contributed by atoms with van der Waals surface area (Å²) in [4.78, 5) is 14.5. The number of aromatic amines is 1. The van der Waals surface area contributed by atoms with Crippen molar-refractivity contribution < 1.29 is 9.53 Å². The molecule has 6 nitrogen and oxygen atoms in total. The number of amides is 2. The Kier molecular flexibility index (Phi) is 4.34. The van der Waals surface area contributed by atoms with Gasteiger partial charge in [-0.25, -0.2) is 4.79 Å². The van der Waals surface area contributed by atoms with E-state index in [1.54, 1.807) is 6.20 Å². The van der Waals surface area contributed by atoms with Crippen molar-refractivity contribution in [2.45, 2.75) is 37.6 Å². The van der Waals surface area contributed by atoms with Crippen molar-refractivity contribution in [3.63, 3.8) is 0 Å². The highest BCUT2D eigenvalue weighted by Crippen LogP contribution is 2.35. The van der Waals surface area contributed by atoms with E-state index in [1.807, 2.05) is 29.2 Å². The number of aromatic nitrogens is 2. The van der Waals surface area contributed by atoms with Crippen molar-refractivity contribution in [1.82, 2.24) is 20.4 Å². The second-order valence-electron chi connectivity index (χ2n) is 6.97. The Hall–Kier alpha value is -2.50. The molecule has 2 aromatic rings. The van der Waals surface area contributed by atoms with E-state index in [4.69, 9.17) is 4.74 Å². The lowest BCUT2D eigenvalue weighted by atomic mass is 9.93. The summed E-state index contributed by atoms with van der Waals surface area (Å²) < 4.78 is 5.74. The van der Waals surface area contributed by atoms with Crippen LogP contribution in [-0.4, -0.2) is 46.9 Å². The predicted octanol–water partition coefficient (Wildman–Crippen LogP) is 2.86. The molecular weight excluding hydrogens is 316 g/mol. The summed E-state index contributed by atoms with van der Waals surface area (Å²) in [6.07, 6.45) is 3.73. The van der Waals surface area contributed by atoms with Gasteiger partial charge in [-0.2, -0.15) is 5.10 Å². The van der Waals surface area contributed by atoms with Gasteiger partial charge in [0.05, 0.1) is 6.61 Å². The predicted molar refractivity (Wildman–Crippen MR) is 94.8 cm³/mol. The Morgan fingerprint density at radius 3 is 2.88 bits per heavy atom. The van der Waals surface area contributed by atoms with Gasteiger partial charge in [0.25, 0.3) is 0 Å². The Morgan fingerprint density at radius 1 is 1.32 bits per heavy atom. The van der Waals surface area contributed by atoms with Crippen LogP contribution in [0.5, 0.6) is 5.75 Å². The van der Waals surface area contributed by atoms with E-state index < -0.39 is 0 Å². The van der Waals surface area contributed by atoms with E-state index in [0.717, 1.165) is 31.7 Å². The van der Waals surface area contributed by atoms with Gasteiger partial charge in [-0.15, -0.1) is 0 Å². The van der Waals surface area contributed by atoms with Crippen LogP contribution >= 0.6 is 0 Å². The number of fused-ring (bicyclic) bond motifs is 1. The van der Waals surface area contributed by atoms with Crippen molar-refractivity contribution >= 4 is 6.03 Å². The van der Waals surface area contributed by atoms with Crippen LogP contribution in [0.1, 0.15) is 42.9 Å². The molecule has 3 heterocycles. The minimum absolute atomic E-state index is 0.0277. The average Bonchev–Trinajstić information content (AvgIpc) is 3.31. The first-order valence-electron chi connectivity index (χ1n) is 8.99. The van der Waals surface area contributed by atoms with Crippen LogP contribution in [0.2, 0.25) is 0 Å². The Balaban J connectivity index is 1.32. The average molecular weight is 340 g/mol. The summed E-state index contributed by atoms with van der Waals surface area (Å²) in [7, 11) is 0. The lowest BCUT2D eigenvalue weighted by Gasteiger charge is -2.33. The van der Waals surface area contributed by atoms with Crippen LogP contribution in [0.3, 0.4) is 0 Å². The van der Waals surface area contributed by atoms with E-state index in [1.165, 1.54) is 11.3 Å². The third kappa shape index (κ3) is 3.21. The topological polar surface area (TPSA) is 70.2 Å². The Bertz CT molecular complexity index is 723. The molecule has 0 radical (unpaired) electrons. The SMILES string of the molecule is C[C@H](NC(=O)N1CCC(c2ccn[nH]2)CC1)[C@H]1COc2ccccc21. The van der Waals surface area contributed by atoms with Crippen molar-refractivity contribution in [1.29, 1.82) is 0 Å². The van der Waals surface area contributed by atoms with Crippen molar-refractivity contribution in [3.05, 3.63) is 47.8 Å². The highest BCUT2D eigenvalue weighted by Gasteiger charge is 2.31. The minimum atomic E-state index is 0.0277. The number of benzene rings is 1. The molecule has 1 aromatic carbocycles. The largest absolute Gasteiger partial charge is 0.493 e. The zero-order chi connectivity index (χ0) is 17.2. The molecule has 0 unspecified atom stereocenters. The highest BCUT2D eigenvalue weighted by molar-refractivity contribution is 5.74. The molecular formula is C19H24N4O2. The first-order valence-corrected chi connectivity index (χ1v) is 8.99. The second kappa shape index (κ2) is 6.78. The number of H-pyrrole nitrogens is 1. The smallest absolute Gasteiger partial charge is 0.317 e. The summed E-state index contributed by atoms with van der Waals surface area (Å²) in [6.45, 7) is 4.24. The molecule has 1 fully saturated rings. The lowest BCUT2D eigenvalue weighted by molar-refractivity contribution is 0.175. The Morgan fingerprint density at radius 2 is 2.12 bits per heavy atom. The monoisotopic (exact) mass is 340 g/mol. The fraction of sp³-hybridized carbons (Fsp3) is 0.474. The van der Waals surface area contributed by atoms with E-state index in [9.17, 15) is 4.79 Å². The molecule has 1 saturated heterocycles. The summed E-state index contributed by atoms with van der Waals surface area (Å²) in [5.41, 5.74) is 2.36. The first kappa shape index (κ1) is 16.0. The number of rotatable bonds is 3. The number of nitrogens with zero attached hydrogens (tertiary/aromatic N) is 2. The van der Waals surface area contributed by atoms with Crippen LogP contribution in [0.25, 0.3) is 0 Å². The van der Waals surface area contributed by atoms with E-state index in [0.29, 0.717) is 12.5 Å². The van der Waals surface area contributed by atoms with Crippen LogP contribution in [-0.2, 0) is 0 Å². The number of urea groups is 1. The molecule has 2 aliphatic heterocycles. The number of nitrogens with one attached hydrogen (secondary N) is 2. The van der Waals surface area contributed by atoms with Gasteiger partial charge in [0, 0.05) is 48.4 Å². The van der Waals surface area contributed by atoms with Crippen molar-refractivity contribution in [3.8, 4) is 5.75 Å². The van der Waals surface area contributed by atoms with Crippen LogP contribution in [0.4, 0.5) is 4.79 Å². The molecule has 2 atom stereocenters. The third-order valence-electron chi connectivity index (χ3n) is 5.44. The van der Waals surface area contributed by atoms with Crippen LogP contribution < -0.4 is 10.1 Å². The van der Waals surface area contributed by atoms with E-state index in [-0.39, 0.29) is 18.0 Å². The summed E-state index contributed by atoms with van der Waals surface area (Å²) in [6, 6.07) is 10.2. The van der Waals surface area contributed by atoms with Gasteiger partial charge in [0.15, 0.2) is 0 Å². The molecule has 132 valence electrons. The van der Waals surface area contributed by atoms with E-state index >= 15 is 0 Å². The maximum Gasteiger partial charge on any atom is 0.317 e. The quantitative estimate of drug-likeness (QED) is 0.902. The molecule has 2 amide bonds. The van der Waals surface area contributed by atoms with Gasteiger partial charge in [-0.3, -0.25) is 5.10 Å². The lowest BCUT2D eigenvalue weighted by Crippen LogP contribution is -2.48. The summed E-state index contributed by atoms with van der Waals surface area (Å²) >= 11 is 0. The van der Waals surface area contributed by atoms with Crippen LogP contribution in [0.15, 0.2) is 36.5 Å². The van der Waals surface area contributed by atoms with Gasteiger partial charge in [0.2, 0.25) is 0 Å². The number of carbonyl (C=O) groups is 1. The molecule has 0 aliphatic carbocycles. The van der Waals surface area contributed by atoms with Crippen molar-refractivity contribution in [2.75, 3.05) is 19.7 Å². The maximum atomic E-state index is 12.6. The molecule has 2 aliphatic rings. The standard InChI is InChI=1S/C19H24N4O2/c1-13(16-12-25-18-5-3-2-4-15(16)18)21-19(24)23-10-7-14(8-11-23)17-6-9-20-22-17/h2-6,9,13-14,16H,7-8,10-12H2,1H3,(H,20,22)(H,21,24)/t13-,16+/m0/s1. The molecule has 2 N–H and O–H groups in total. The molecule has 4 rings (SSSR count). The molecule has 0 saturated carbocycles.